The normalized spacial score (nSPS) is 13.7. The van der Waals surface area contributed by atoms with Gasteiger partial charge in [0.1, 0.15) is 5.60 Å². The fourth-order valence-corrected chi connectivity index (χ4v) is 2.99. The Bertz CT molecular complexity index is 596. The van der Waals surface area contributed by atoms with Gasteiger partial charge in [-0.2, -0.15) is 0 Å². The molecule has 6 heteroatoms. The topological polar surface area (TPSA) is 58.6 Å². The summed E-state index contributed by atoms with van der Waals surface area (Å²) in [5, 5.41) is 2.67. The Morgan fingerprint density at radius 2 is 2.04 bits per heavy atom. The van der Waals surface area contributed by atoms with Gasteiger partial charge in [-0.15, -0.1) is 0 Å². The number of ether oxygens (including phenoxy) is 1. The third-order valence-corrected chi connectivity index (χ3v) is 4.26. The van der Waals surface area contributed by atoms with Crippen molar-refractivity contribution in [1.29, 1.82) is 0 Å². The Morgan fingerprint density at radius 1 is 1.30 bits per heavy atom. The number of hydrogen-bond donors (Lipinski definition) is 1. The van der Waals surface area contributed by atoms with E-state index in [9.17, 15) is 9.59 Å². The predicted molar refractivity (Wildman–Crippen MR) is 91.9 cm³/mol. The van der Waals surface area contributed by atoms with Crippen LogP contribution in [0.25, 0.3) is 0 Å². The van der Waals surface area contributed by atoms with Crippen LogP contribution in [0, 0.1) is 0 Å². The van der Waals surface area contributed by atoms with E-state index in [-0.39, 0.29) is 5.91 Å². The molecule has 0 atom stereocenters. The number of nitrogens with one attached hydrogen (secondary N) is 1. The van der Waals surface area contributed by atoms with E-state index in [0.717, 1.165) is 4.47 Å². The summed E-state index contributed by atoms with van der Waals surface area (Å²) in [6, 6.07) is 6.04. The van der Waals surface area contributed by atoms with E-state index in [4.69, 9.17) is 4.74 Å². The van der Waals surface area contributed by atoms with Crippen molar-refractivity contribution in [3.05, 3.63) is 33.8 Å². The minimum absolute atomic E-state index is 0.110. The summed E-state index contributed by atoms with van der Waals surface area (Å²) >= 11 is 3.53. The fraction of sp³-hybridized carbons (Fsp3) is 0.529. The SMILES string of the molecule is CC(C)(C)OC(=O)NCCCC(=O)N1Cc2cccc(Br)c2C1. The van der Waals surface area contributed by atoms with Crippen molar-refractivity contribution < 1.29 is 14.3 Å². The highest BCUT2D eigenvalue weighted by atomic mass is 79.9. The molecule has 2 rings (SSSR count). The van der Waals surface area contributed by atoms with Gasteiger partial charge >= 0.3 is 6.09 Å². The average Bonchev–Trinajstić information content (AvgIpc) is 2.87. The standard InChI is InChI=1S/C17H23BrN2O3/c1-17(2,3)23-16(22)19-9-5-8-15(21)20-10-12-6-4-7-14(18)13(12)11-20/h4,6-7H,5,8-11H2,1-3H3,(H,19,22). The van der Waals surface area contributed by atoms with E-state index in [0.29, 0.717) is 32.5 Å². The van der Waals surface area contributed by atoms with Crippen LogP contribution in [-0.2, 0) is 22.6 Å². The Balaban J connectivity index is 1.71. The molecule has 0 aromatic heterocycles. The lowest BCUT2D eigenvalue weighted by Gasteiger charge is -2.20. The molecule has 1 aromatic rings. The highest BCUT2D eigenvalue weighted by Crippen LogP contribution is 2.29. The lowest BCUT2D eigenvalue weighted by Crippen LogP contribution is -2.33. The van der Waals surface area contributed by atoms with Crippen LogP contribution in [0.1, 0.15) is 44.7 Å². The summed E-state index contributed by atoms with van der Waals surface area (Å²) in [5.41, 5.74) is 1.88. The second-order valence-electron chi connectivity index (χ2n) is 6.66. The van der Waals surface area contributed by atoms with Crippen LogP contribution >= 0.6 is 15.9 Å². The molecule has 0 spiro atoms. The molecule has 0 bridgehead atoms. The van der Waals surface area contributed by atoms with E-state index in [1.165, 1.54) is 11.1 Å². The molecule has 0 aliphatic carbocycles. The van der Waals surface area contributed by atoms with Crippen LogP contribution in [0.3, 0.4) is 0 Å². The summed E-state index contributed by atoms with van der Waals surface area (Å²) in [7, 11) is 0. The Kier molecular flexibility index (Phi) is 5.68. The second-order valence-corrected chi connectivity index (χ2v) is 7.51. The molecule has 1 aromatic carbocycles. The van der Waals surface area contributed by atoms with Crippen LogP contribution in [-0.4, -0.2) is 29.0 Å². The lowest BCUT2D eigenvalue weighted by atomic mass is 10.1. The number of nitrogens with zero attached hydrogens (tertiary/aromatic N) is 1. The minimum atomic E-state index is -0.505. The Labute approximate surface area is 145 Å². The lowest BCUT2D eigenvalue weighted by molar-refractivity contribution is -0.131. The molecule has 1 N–H and O–H groups in total. The van der Waals surface area contributed by atoms with E-state index in [2.05, 4.69) is 27.3 Å². The van der Waals surface area contributed by atoms with Gasteiger partial charge in [0, 0.05) is 30.5 Å². The fourth-order valence-electron chi connectivity index (χ4n) is 2.46. The average molecular weight is 383 g/mol. The van der Waals surface area contributed by atoms with Crippen molar-refractivity contribution in [3.8, 4) is 0 Å². The Hall–Kier alpha value is -1.56. The molecule has 0 saturated heterocycles. The molecule has 0 fully saturated rings. The quantitative estimate of drug-likeness (QED) is 0.809. The number of fused-ring (bicyclic) bond motifs is 1. The molecule has 5 nitrogen and oxygen atoms in total. The van der Waals surface area contributed by atoms with Crippen molar-refractivity contribution in [2.24, 2.45) is 0 Å². The zero-order valence-electron chi connectivity index (χ0n) is 13.8. The van der Waals surface area contributed by atoms with Crippen molar-refractivity contribution >= 4 is 27.9 Å². The van der Waals surface area contributed by atoms with Crippen molar-refractivity contribution in [2.75, 3.05) is 6.54 Å². The van der Waals surface area contributed by atoms with Crippen LogP contribution in [0.2, 0.25) is 0 Å². The van der Waals surface area contributed by atoms with E-state index >= 15 is 0 Å². The first-order valence-electron chi connectivity index (χ1n) is 7.77. The van der Waals surface area contributed by atoms with Crippen LogP contribution in [0.4, 0.5) is 4.79 Å². The molecular formula is C17H23BrN2O3. The summed E-state index contributed by atoms with van der Waals surface area (Å²) < 4.78 is 6.20. The van der Waals surface area contributed by atoms with Gasteiger partial charge in [0.15, 0.2) is 0 Å². The van der Waals surface area contributed by atoms with Gasteiger partial charge in [-0.3, -0.25) is 4.79 Å². The zero-order chi connectivity index (χ0) is 17.0. The molecule has 0 radical (unpaired) electrons. The molecule has 0 unspecified atom stereocenters. The maximum absolute atomic E-state index is 12.3. The third kappa shape index (κ3) is 5.23. The third-order valence-electron chi connectivity index (χ3n) is 3.51. The molecule has 23 heavy (non-hydrogen) atoms. The molecule has 0 saturated carbocycles. The minimum Gasteiger partial charge on any atom is -0.444 e. The summed E-state index contributed by atoms with van der Waals surface area (Å²) in [4.78, 5) is 25.6. The molecule has 1 aliphatic heterocycles. The predicted octanol–water partition coefficient (Wildman–Crippen LogP) is 3.60. The van der Waals surface area contributed by atoms with E-state index in [1.54, 1.807) is 0 Å². The molecule has 1 aliphatic rings. The number of benzene rings is 1. The number of carbonyl (C=O) groups excluding carboxylic acids is 2. The van der Waals surface area contributed by atoms with Crippen molar-refractivity contribution in [1.82, 2.24) is 10.2 Å². The monoisotopic (exact) mass is 382 g/mol. The van der Waals surface area contributed by atoms with Gasteiger partial charge in [0.25, 0.3) is 0 Å². The second kappa shape index (κ2) is 7.34. The van der Waals surface area contributed by atoms with Gasteiger partial charge in [0.05, 0.1) is 0 Å². The van der Waals surface area contributed by atoms with Gasteiger partial charge in [0.2, 0.25) is 5.91 Å². The molecule has 126 valence electrons. The smallest absolute Gasteiger partial charge is 0.407 e. The first-order valence-corrected chi connectivity index (χ1v) is 8.56. The Morgan fingerprint density at radius 3 is 2.70 bits per heavy atom. The number of rotatable bonds is 4. The number of amides is 2. The number of carbonyl (C=O) groups is 2. The molecule has 2 amide bonds. The highest BCUT2D eigenvalue weighted by Gasteiger charge is 2.24. The van der Waals surface area contributed by atoms with Crippen molar-refractivity contribution in [2.45, 2.75) is 52.3 Å². The van der Waals surface area contributed by atoms with Crippen LogP contribution in [0.5, 0.6) is 0 Å². The van der Waals surface area contributed by atoms with Gasteiger partial charge < -0.3 is 15.0 Å². The molecular weight excluding hydrogens is 360 g/mol. The largest absolute Gasteiger partial charge is 0.444 e. The van der Waals surface area contributed by atoms with Crippen molar-refractivity contribution in [3.63, 3.8) is 0 Å². The zero-order valence-corrected chi connectivity index (χ0v) is 15.4. The number of alkyl carbamates (subject to hydrolysis) is 1. The highest BCUT2D eigenvalue weighted by molar-refractivity contribution is 9.10. The van der Waals surface area contributed by atoms with Gasteiger partial charge in [-0.25, -0.2) is 4.79 Å². The molecule has 1 heterocycles. The summed E-state index contributed by atoms with van der Waals surface area (Å²) in [5.74, 6) is 0.110. The number of halogens is 1. The van der Waals surface area contributed by atoms with E-state index in [1.807, 2.05) is 37.8 Å². The van der Waals surface area contributed by atoms with Gasteiger partial charge in [-0.1, -0.05) is 28.1 Å². The first kappa shape index (κ1) is 17.8. The summed E-state index contributed by atoms with van der Waals surface area (Å²) in [6.07, 6.45) is 0.579. The van der Waals surface area contributed by atoms with Gasteiger partial charge in [-0.05, 0) is 44.4 Å². The summed E-state index contributed by atoms with van der Waals surface area (Å²) in [6.45, 7) is 7.20. The maximum Gasteiger partial charge on any atom is 0.407 e. The number of hydrogen-bond acceptors (Lipinski definition) is 3. The first-order chi connectivity index (χ1) is 10.8. The van der Waals surface area contributed by atoms with Crippen LogP contribution in [0.15, 0.2) is 22.7 Å². The van der Waals surface area contributed by atoms with E-state index < -0.39 is 11.7 Å². The maximum atomic E-state index is 12.3. The van der Waals surface area contributed by atoms with Crippen LogP contribution < -0.4 is 5.32 Å².